The Labute approximate surface area is 110 Å². The molecular formula is C14H26N2O2. The highest BCUT2D eigenvalue weighted by Gasteiger charge is 2.36. The zero-order valence-corrected chi connectivity index (χ0v) is 11.6. The molecule has 0 aromatic heterocycles. The van der Waals surface area contributed by atoms with Crippen molar-refractivity contribution in [3.63, 3.8) is 0 Å². The van der Waals surface area contributed by atoms with Crippen LogP contribution >= 0.6 is 0 Å². The van der Waals surface area contributed by atoms with Crippen LogP contribution < -0.4 is 5.73 Å². The molecule has 1 heterocycles. The molecular weight excluding hydrogens is 228 g/mol. The maximum absolute atomic E-state index is 12.7. The van der Waals surface area contributed by atoms with E-state index in [0.29, 0.717) is 6.61 Å². The lowest BCUT2D eigenvalue weighted by Gasteiger charge is -2.41. The Morgan fingerprint density at radius 2 is 2.11 bits per heavy atom. The molecule has 2 N–H and O–H groups in total. The molecule has 0 aromatic rings. The zero-order valence-electron chi connectivity index (χ0n) is 11.6. The van der Waals surface area contributed by atoms with Crippen molar-refractivity contribution in [1.29, 1.82) is 0 Å². The van der Waals surface area contributed by atoms with E-state index in [1.54, 1.807) is 0 Å². The first-order valence-corrected chi connectivity index (χ1v) is 7.31. The molecule has 1 saturated carbocycles. The van der Waals surface area contributed by atoms with Crippen molar-refractivity contribution in [3.8, 4) is 0 Å². The summed E-state index contributed by atoms with van der Waals surface area (Å²) in [5, 5.41) is 0. The number of hydrogen-bond donors (Lipinski definition) is 1. The maximum atomic E-state index is 12.7. The van der Waals surface area contributed by atoms with Crippen molar-refractivity contribution < 1.29 is 9.53 Å². The summed E-state index contributed by atoms with van der Waals surface area (Å²) in [5.41, 5.74) is 6.13. The summed E-state index contributed by atoms with van der Waals surface area (Å²) in [6.07, 6.45) is 5.37. The van der Waals surface area contributed by atoms with Crippen molar-refractivity contribution in [2.24, 2.45) is 11.7 Å². The number of carbonyl (C=O) groups excluding carboxylic acids is 1. The Morgan fingerprint density at radius 1 is 1.39 bits per heavy atom. The number of hydrogen-bond acceptors (Lipinski definition) is 3. The minimum Gasteiger partial charge on any atom is -0.375 e. The second-order valence-electron chi connectivity index (χ2n) is 5.75. The molecule has 1 aliphatic heterocycles. The van der Waals surface area contributed by atoms with Gasteiger partial charge in [0, 0.05) is 12.6 Å². The summed E-state index contributed by atoms with van der Waals surface area (Å²) in [6.45, 7) is 5.55. The van der Waals surface area contributed by atoms with Crippen LogP contribution in [0.25, 0.3) is 0 Å². The molecule has 1 aliphatic carbocycles. The number of nitrogens with zero attached hydrogens (tertiary/aromatic N) is 1. The summed E-state index contributed by atoms with van der Waals surface area (Å²) >= 11 is 0. The highest BCUT2D eigenvalue weighted by molar-refractivity contribution is 5.80. The van der Waals surface area contributed by atoms with Crippen LogP contribution in [0.2, 0.25) is 0 Å². The van der Waals surface area contributed by atoms with Gasteiger partial charge in [-0.05, 0) is 26.2 Å². The SMILES string of the molecule is CCC1COC(C)CN1C(=O)C1CCCCC1N. The van der Waals surface area contributed by atoms with Gasteiger partial charge in [-0.3, -0.25) is 4.79 Å². The first-order chi connectivity index (χ1) is 8.63. The molecule has 4 unspecified atom stereocenters. The van der Waals surface area contributed by atoms with Crippen molar-refractivity contribution in [1.82, 2.24) is 4.90 Å². The van der Waals surface area contributed by atoms with E-state index in [9.17, 15) is 4.79 Å². The van der Waals surface area contributed by atoms with Crippen LogP contribution in [0.3, 0.4) is 0 Å². The van der Waals surface area contributed by atoms with Crippen LogP contribution in [0.15, 0.2) is 0 Å². The van der Waals surface area contributed by atoms with Crippen molar-refractivity contribution in [2.75, 3.05) is 13.2 Å². The van der Waals surface area contributed by atoms with Gasteiger partial charge in [0.25, 0.3) is 0 Å². The van der Waals surface area contributed by atoms with Crippen LogP contribution in [0, 0.1) is 5.92 Å². The van der Waals surface area contributed by atoms with Gasteiger partial charge < -0.3 is 15.4 Å². The monoisotopic (exact) mass is 254 g/mol. The summed E-state index contributed by atoms with van der Waals surface area (Å²) in [4.78, 5) is 14.7. The number of carbonyl (C=O) groups is 1. The van der Waals surface area contributed by atoms with Gasteiger partial charge in [-0.25, -0.2) is 0 Å². The third-order valence-corrected chi connectivity index (χ3v) is 4.36. The molecule has 2 fully saturated rings. The third-order valence-electron chi connectivity index (χ3n) is 4.36. The van der Waals surface area contributed by atoms with E-state index < -0.39 is 0 Å². The number of ether oxygens (including phenoxy) is 1. The molecule has 1 saturated heterocycles. The molecule has 104 valence electrons. The molecule has 0 bridgehead atoms. The van der Waals surface area contributed by atoms with E-state index in [1.807, 2.05) is 11.8 Å². The molecule has 2 rings (SSSR count). The highest BCUT2D eigenvalue weighted by atomic mass is 16.5. The van der Waals surface area contributed by atoms with Gasteiger partial charge in [0.2, 0.25) is 5.91 Å². The highest BCUT2D eigenvalue weighted by Crippen LogP contribution is 2.27. The van der Waals surface area contributed by atoms with E-state index in [1.165, 1.54) is 6.42 Å². The summed E-state index contributed by atoms with van der Waals surface area (Å²) in [7, 11) is 0. The molecule has 18 heavy (non-hydrogen) atoms. The lowest BCUT2D eigenvalue weighted by atomic mass is 9.83. The topological polar surface area (TPSA) is 55.6 Å². The first-order valence-electron chi connectivity index (χ1n) is 7.31. The predicted molar refractivity (Wildman–Crippen MR) is 71.1 cm³/mol. The van der Waals surface area contributed by atoms with Gasteiger partial charge >= 0.3 is 0 Å². The molecule has 4 heteroatoms. The molecule has 0 spiro atoms. The Morgan fingerprint density at radius 3 is 2.78 bits per heavy atom. The number of amides is 1. The molecule has 4 atom stereocenters. The Hall–Kier alpha value is -0.610. The van der Waals surface area contributed by atoms with Gasteiger partial charge in [-0.1, -0.05) is 19.8 Å². The molecule has 2 aliphatic rings. The van der Waals surface area contributed by atoms with E-state index in [-0.39, 0.29) is 30.0 Å². The lowest BCUT2D eigenvalue weighted by molar-refractivity contribution is -0.150. The van der Waals surface area contributed by atoms with E-state index in [0.717, 1.165) is 32.2 Å². The Bertz CT molecular complexity index is 296. The molecule has 4 nitrogen and oxygen atoms in total. The fourth-order valence-electron chi connectivity index (χ4n) is 3.13. The number of rotatable bonds is 2. The van der Waals surface area contributed by atoms with Crippen LogP contribution in [0.4, 0.5) is 0 Å². The molecule has 0 aromatic carbocycles. The van der Waals surface area contributed by atoms with E-state index in [2.05, 4.69) is 6.92 Å². The quantitative estimate of drug-likeness (QED) is 0.813. The number of morpholine rings is 1. The normalized spacial score (nSPS) is 37.6. The fourth-order valence-corrected chi connectivity index (χ4v) is 3.13. The van der Waals surface area contributed by atoms with Crippen LogP contribution in [-0.4, -0.2) is 42.1 Å². The second-order valence-corrected chi connectivity index (χ2v) is 5.75. The molecule has 1 amide bonds. The smallest absolute Gasteiger partial charge is 0.227 e. The summed E-state index contributed by atoms with van der Waals surface area (Å²) in [5.74, 6) is 0.308. The second kappa shape index (κ2) is 6.02. The van der Waals surface area contributed by atoms with Crippen molar-refractivity contribution in [2.45, 2.75) is 64.1 Å². The van der Waals surface area contributed by atoms with Crippen molar-refractivity contribution >= 4 is 5.91 Å². The lowest BCUT2D eigenvalue weighted by Crippen LogP contribution is -2.55. The average molecular weight is 254 g/mol. The minimum atomic E-state index is 0.0399. The predicted octanol–water partition coefficient (Wildman–Crippen LogP) is 1.53. The zero-order chi connectivity index (χ0) is 13.1. The van der Waals surface area contributed by atoms with E-state index >= 15 is 0 Å². The number of nitrogens with two attached hydrogens (primary N) is 1. The maximum Gasteiger partial charge on any atom is 0.227 e. The van der Waals surface area contributed by atoms with Crippen LogP contribution in [0.1, 0.15) is 46.0 Å². The van der Waals surface area contributed by atoms with E-state index in [4.69, 9.17) is 10.5 Å². The van der Waals surface area contributed by atoms with Gasteiger partial charge in [-0.15, -0.1) is 0 Å². The summed E-state index contributed by atoms with van der Waals surface area (Å²) in [6, 6.07) is 0.296. The third kappa shape index (κ3) is 2.86. The average Bonchev–Trinajstić information content (AvgIpc) is 2.38. The Balaban J connectivity index is 2.04. The van der Waals surface area contributed by atoms with Gasteiger partial charge in [0.15, 0.2) is 0 Å². The minimum absolute atomic E-state index is 0.0399. The van der Waals surface area contributed by atoms with Crippen molar-refractivity contribution in [3.05, 3.63) is 0 Å². The first kappa shape index (κ1) is 13.8. The van der Waals surface area contributed by atoms with Gasteiger partial charge in [-0.2, -0.15) is 0 Å². The van der Waals surface area contributed by atoms with Crippen LogP contribution in [0.5, 0.6) is 0 Å². The van der Waals surface area contributed by atoms with Crippen LogP contribution in [-0.2, 0) is 9.53 Å². The largest absolute Gasteiger partial charge is 0.375 e. The van der Waals surface area contributed by atoms with Gasteiger partial charge in [0.05, 0.1) is 24.7 Å². The summed E-state index contributed by atoms with van der Waals surface area (Å²) < 4.78 is 5.65. The fraction of sp³-hybridized carbons (Fsp3) is 0.929. The Kier molecular flexibility index (Phi) is 4.62. The van der Waals surface area contributed by atoms with Gasteiger partial charge in [0.1, 0.15) is 0 Å². The molecule has 0 radical (unpaired) electrons. The standard InChI is InChI=1S/C14H26N2O2/c1-3-11-9-18-10(2)8-16(11)14(17)12-6-4-5-7-13(12)15/h10-13H,3-9,15H2,1-2H3.